The fraction of sp³-hybridized carbons (Fsp3) is 1.00. The molecule has 114 valence electrons. The Labute approximate surface area is 119 Å². The summed E-state index contributed by atoms with van der Waals surface area (Å²) in [6, 6.07) is 0. The van der Waals surface area contributed by atoms with Crippen LogP contribution in [-0.2, 0) is 0 Å². The smallest absolute Gasteiger partial charge is 0.0811 e. The van der Waals surface area contributed by atoms with Gasteiger partial charge in [0.05, 0.1) is 6.54 Å². The first-order chi connectivity index (χ1) is 9.41. The summed E-state index contributed by atoms with van der Waals surface area (Å²) < 4.78 is 0. The number of nitroso groups, excluding NO2 is 1. The molecule has 0 atom stereocenters. The Balaban J connectivity index is 2.89. The molecule has 0 heterocycles. The minimum atomic E-state index is 0.353. The second-order valence-corrected chi connectivity index (χ2v) is 5.53. The van der Waals surface area contributed by atoms with Gasteiger partial charge in [-0.3, -0.25) is 0 Å². The molecule has 0 amide bonds. The van der Waals surface area contributed by atoms with Crippen molar-refractivity contribution in [2.45, 2.75) is 89.9 Å². The van der Waals surface area contributed by atoms with Gasteiger partial charge in [-0.1, -0.05) is 82.2 Å². The normalized spacial score (nSPS) is 10.8. The van der Waals surface area contributed by atoms with Gasteiger partial charge >= 0.3 is 0 Å². The Hall–Kier alpha value is -0.440. The van der Waals surface area contributed by atoms with Crippen molar-refractivity contribution in [3.05, 3.63) is 4.91 Å². The van der Waals surface area contributed by atoms with Crippen molar-refractivity contribution in [2.75, 3.05) is 13.2 Å². The zero-order chi connectivity index (χ0) is 14.0. The van der Waals surface area contributed by atoms with Crippen LogP contribution < -0.4 is 0 Å². The Morgan fingerprint density at radius 1 is 0.526 bits per heavy atom. The van der Waals surface area contributed by atoms with E-state index in [9.17, 15) is 4.91 Å². The topological polar surface area (TPSA) is 49.7 Å². The molecule has 0 bridgehead atoms. The summed E-state index contributed by atoms with van der Waals surface area (Å²) >= 11 is 0. The van der Waals surface area contributed by atoms with E-state index in [0.717, 1.165) is 12.8 Å². The van der Waals surface area contributed by atoms with Gasteiger partial charge in [-0.2, -0.15) is 4.91 Å². The monoisotopic (exact) mass is 271 g/mol. The van der Waals surface area contributed by atoms with Crippen LogP contribution >= 0.6 is 0 Å². The van der Waals surface area contributed by atoms with Crippen molar-refractivity contribution in [3.8, 4) is 0 Å². The summed E-state index contributed by atoms with van der Waals surface area (Å²) in [5, 5.41) is 11.5. The maximum absolute atomic E-state index is 9.88. The fourth-order valence-corrected chi connectivity index (χ4v) is 2.41. The quantitative estimate of drug-likeness (QED) is 0.309. The first-order valence-electron chi connectivity index (χ1n) is 8.32. The molecule has 0 aromatic carbocycles. The van der Waals surface area contributed by atoms with Crippen LogP contribution in [0.2, 0.25) is 0 Å². The highest BCUT2D eigenvalue weighted by molar-refractivity contribution is 4.50. The van der Waals surface area contributed by atoms with Crippen molar-refractivity contribution in [2.24, 2.45) is 5.18 Å². The van der Waals surface area contributed by atoms with Crippen LogP contribution in [0.15, 0.2) is 5.18 Å². The number of rotatable bonds is 16. The van der Waals surface area contributed by atoms with Crippen LogP contribution in [0.5, 0.6) is 0 Å². The zero-order valence-electron chi connectivity index (χ0n) is 12.6. The lowest BCUT2D eigenvalue weighted by atomic mass is 10.0. The van der Waals surface area contributed by atoms with E-state index in [1.165, 1.54) is 77.0 Å². The molecular formula is C16H33NO2. The Morgan fingerprint density at radius 2 is 0.842 bits per heavy atom. The van der Waals surface area contributed by atoms with E-state index in [-0.39, 0.29) is 0 Å². The van der Waals surface area contributed by atoms with Gasteiger partial charge in [0.1, 0.15) is 0 Å². The highest BCUT2D eigenvalue weighted by Crippen LogP contribution is 2.12. The molecule has 0 aliphatic heterocycles. The van der Waals surface area contributed by atoms with Crippen molar-refractivity contribution in [3.63, 3.8) is 0 Å². The Morgan fingerprint density at radius 3 is 1.16 bits per heavy atom. The summed E-state index contributed by atoms with van der Waals surface area (Å²) in [6.45, 7) is 0.851. The van der Waals surface area contributed by atoms with Crippen LogP contribution in [0.25, 0.3) is 0 Å². The third-order valence-electron chi connectivity index (χ3n) is 3.66. The van der Waals surface area contributed by atoms with Crippen molar-refractivity contribution >= 4 is 0 Å². The van der Waals surface area contributed by atoms with Gasteiger partial charge < -0.3 is 5.11 Å². The molecule has 0 spiro atoms. The molecule has 0 aromatic rings. The second kappa shape index (κ2) is 17.6. The van der Waals surface area contributed by atoms with E-state index in [0.29, 0.717) is 13.2 Å². The lowest BCUT2D eigenvalue weighted by molar-refractivity contribution is 0.282. The number of unbranched alkanes of at least 4 members (excludes halogenated alkanes) is 13. The molecule has 0 rings (SSSR count). The average Bonchev–Trinajstić information content (AvgIpc) is 2.43. The second-order valence-electron chi connectivity index (χ2n) is 5.53. The number of hydrogen-bond acceptors (Lipinski definition) is 3. The van der Waals surface area contributed by atoms with Gasteiger partial charge in [0.15, 0.2) is 0 Å². The predicted octanol–water partition coefficient (Wildman–Crippen LogP) is 5.21. The minimum Gasteiger partial charge on any atom is -0.396 e. The molecule has 3 nitrogen and oxygen atoms in total. The molecule has 0 unspecified atom stereocenters. The van der Waals surface area contributed by atoms with Crippen LogP contribution in [-0.4, -0.2) is 18.3 Å². The third kappa shape index (κ3) is 17.6. The maximum Gasteiger partial charge on any atom is 0.0811 e. The van der Waals surface area contributed by atoms with E-state index in [1.807, 2.05) is 0 Å². The largest absolute Gasteiger partial charge is 0.396 e. The molecule has 0 aliphatic carbocycles. The lowest BCUT2D eigenvalue weighted by Crippen LogP contribution is -1.85. The molecule has 0 saturated carbocycles. The fourth-order valence-electron chi connectivity index (χ4n) is 2.41. The number of hydrogen-bond donors (Lipinski definition) is 1. The number of nitrogens with zero attached hydrogens (tertiary/aromatic N) is 1. The van der Waals surface area contributed by atoms with E-state index < -0.39 is 0 Å². The van der Waals surface area contributed by atoms with Gasteiger partial charge in [-0.25, -0.2) is 0 Å². The van der Waals surface area contributed by atoms with E-state index in [2.05, 4.69) is 5.18 Å². The molecule has 0 fully saturated rings. The van der Waals surface area contributed by atoms with E-state index >= 15 is 0 Å². The summed E-state index contributed by atoms with van der Waals surface area (Å²) in [6.07, 6.45) is 17.7. The summed E-state index contributed by atoms with van der Waals surface area (Å²) in [4.78, 5) is 9.88. The van der Waals surface area contributed by atoms with Gasteiger partial charge in [0, 0.05) is 6.61 Å². The Bertz CT molecular complexity index is 174. The molecule has 0 saturated heterocycles. The van der Waals surface area contributed by atoms with Crippen LogP contribution in [0, 0.1) is 4.91 Å². The SMILES string of the molecule is O=NCCCCCCCCCCCCCCCCO. The van der Waals surface area contributed by atoms with Gasteiger partial charge in [0.25, 0.3) is 0 Å². The van der Waals surface area contributed by atoms with Crippen LogP contribution in [0.1, 0.15) is 89.9 Å². The molecular weight excluding hydrogens is 238 g/mol. The zero-order valence-corrected chi connectivity index (χ0v) is 12.6. The summed E-state index contributed by atoms with van der Waals surface area (Å²) in [5.74, 6) is 0. The average molecular weight is 271 g/mol. The molecule has 19 heavy (non-hydrogen) atoms. The van der Waals surface area contributed by atoms with Gasteiger partial charge in [-0.15, -0.1) is 0 Å². The van der Waals surface area contributed by atoms with Gasteiger partial charge in [-0.05, 0) is 12.8 Å². The van der Waals surface area contributed by atoms with Crippen molar-refractivity contribution in [1.82, 2.24) is 0 Å². The van der Waals surface area contributed by atoms with Gasteiger partial charge in [0.2, 0.25) is 0 Å². The van der Waals surface area contributed by atoms with Crippen LogP contribution in [0.4, 0.5) is 0 Å². The van der Waals surface area contributed by atoms with E-state index in [4.69, 9.17) is 5.11 Å². The van der Waals surface area contributed by atoms with Crippen LogP contribution in [0.3, 0.4) is 0 Å². The predicted molar refractivity (Wildman–Crippen MR) is 82.4 cm³/mol. The Kier molecular flexibility index (Phi) is 17.2. The summed E-state index contributed by atoms with van der Waals surface area (Å²) in [7, 11) is 0. The first-order valence-corrected chi connectivity index (χ1v) is 8.32. The maximum atomic E-state index is 9.88. The number of aliphatic hydroxyl groups is 1. The standard InChI is InChI=1S/C16H33NO2/c18-16-14-12-10-8-6-4-2-1-3-5-7-9-11-13-15-17-19/h18H,1-16H2. The highest BCUT2D eigenvalue weighted by Gasteiger charge is 1.94. The van der Waals surface area contributed by atoms with Crippen molar-refractivity contribution in [1.29, 1.82) is 0 Å². The summed E-state index contributed by atoms with van der Waals surface area (Å²) in [5.41, 5.74) is 0. The number of aliphatic hydroxyl groups excluding tert-OH is 1. The first kappa shape index (κ1) is 18.6. The molecule has 0 aromatic heterocycles. The third-order valence-corrected chi connectivity index (χ3v) is 3.66. The van der Waals surface area contributed by atoms with E-state index in [1.54, 1.807) is 0 Å². The lowest BCUT2D eigenvalue weighted by Gasteiger charge is -2.02. The molecule has 1 N–H and O–H groups in total. The highest BCUT2D eigenvalue weighted by atomic mass is 16.3. The molecule has 0 radical (unpaired) electrons. The molecule has 3 heteroatoms. The van der Waals surface area contributed by atoms with Crippen molar-refractivity contribution < 1.29 is 5.11 Å². The minimum absolute atomic E-state index is 0.353. The molecule has 0 aliphatic rings.